The van der Waals surface area contributed by atoms with Crippen molar-refractivity contribution in [2.45, 2.75) is 0 Å². The smallest absolute Gasteiger partial charge is 0.164 e. The Labute approximate surface area is 716 Å². The monoisotopic (exact) mass is 1580 g/mol. The number of fused-ring (bicyclic) bond motifs is 12. The quantitative estimate of drug-likeness (QED) is 0.109. The average Bonchev–Trinajstić information content (AvgIpc) is 1.59. The minimum absolute atomic E-state index is 0.638. The lowest BCUT2D eigenvalue weighted by molar-refractivity contribution is 1.07. The molecule has 6 heterocycles. The van der Waals surface area contributed by atoms with E-state index in [9.17, 15) is 0 Å². The molecule has 8 nitrogen and oxygen atoms in total. The van der Waals surface area contributed by atoms with Crippen LogP contribution in [0.1, 0.15) is 0 Å². The van der Waals surface area contributed by atoms with E-state index in [1.54, 1.807) is 0 Å². The SMILES string of the molecule is c1ccc(-c2cc(-c3cccc(-c4ccc(-n5c6ccccc6c6cc(-c7ccc8c9ccccc9n(-c9ccccc9)c8c7)ccc65)cc4)c3)cc(-c3ccccc3)n2)cc1.c1ccc(-c2nc(-c3ccccc3)nc(-c3cccc(-c4ccc(-n5c6ccccc6c6cc(-c7ccc8c9ccccc9n(-c9ccccc9)c8c7)ccc65)cc4)c3)n2)cc1. The third-order valence-corrected chi connectivity index (χ3v) is 24.3. The zero-order chi connectivity index (χ0) is 82.0. The van der Waals surface area contributed by atoms with Gasteiger partial charge in [-0.15, -0.1) is 0 Å². The van der Waals surface area contributed by atoms with Gasteiger partial charge in [-0.1, -0.05) is 328 Å². The van der Waals surface area contributed by atoms with Crippen molar-refractivity contribution in [1.29, 1.82) is 0 Å². The Kier molecular flexibility index (Phi) is 18.1. The van der Waals surface area contributed by atoms with Crippen molar-refractivity contribution in [1.82, 2.24) is 38.2 Å². The minimum atomic E-state index is 0.638. The number of aromatic nitrogens is 8. The van der Waals surface area contributed by atoms with Gasteiger partial charge in [-0.25, -0.2) is 19.9 Å². The molecule has 6 aromatic heterocycles. The molecule has 24 aromatic rings. The van der Waals surface area contributed by atoms with Crippen LogP contribution in [0.15, 0.2) is 461 Å². The predicted molar refractivity (Wildman–Crippen MR) is 516 cm³/mol. The van der Waals surface area contributed by atoms with Crippen molar-refractivity contribution in [3.63, 3.8) is 0 Å². The maximum atomic E-state index is 5.11. The van der Waals surface area contributed by atoms with Crippen LogP contribution in [0.25, 0.3) is 222 Å². The molecule has 0 aliphatic carbocycles. The molecule has 24 rings (SSSR count). The fraction of sp³-hybridized carbons (Fsp3) is 0. The summed E-state index contributed by atoms with van der Waals surface area (Å²) < 4.78 is 9.56. The second-order valence-electron chi connectivity index (χ2n) is 31.7. The molecule has 0 aliphatic heterocycles. The molecule has 0 saturated carbocycles. The molecule has 0 N–H and O–H groups in total. The van der Waals surface area contributed by atoms with E-state index < -0.39 is 0 Å². The number of rotatable bonds is 14. The first-order chi connectivity index (χ1) is 61.5. The maximum absolute atomic E-state index is 5.11. The first-order valence-corrected chi connectivity index (χ1v) is 42.1. The van der Waals surface area contributed by atoms with Crippen molar-refractivity contribution < 1.29 is 0 Å². The summed E-state index contributed by atoms with van der Waals surface area (Å²) in [7, 11) is 0. The van der Waals surface area contributed by atoms with Crippen LogP contribution in [0.5, 0.6) is 0 Å². The van der Waals surface area contributed by atoms with E-state index in [-0.39, 0.29) is 0 Å². The Balaban J connectivity index is 0.000000143. The third kappa shape index (κ3) is 13.1. The summed E-state index contributed by atoms with van der Waals surface area (Å²) in [5.74, 6) is 1.94. The van der Waals surface area contributed by atoms with E-state index in [1.807, 2.05) is 72.8 Å². The lowest BCUT2D eigenvalue weighted by Crippen LogP contribution is -2.00. The first kappa shape index (κ1) is 72.5. The van der Waals surface area contributed by atoms with Crippen molar-refractivity contribution in [2.24, 2.45) is 0 Å². The van der Waals surface area contributed by atoms with Crippen molar-refractivity contribution >= 4 is 87.2 Å². The van der Waals surface area contributed by atoms with Gasteiger partial charge in [0, 0.05) is 93.7 Å². The summed E-state index contributed by atoms with van der Waals surface area (Å²) >= 11 is 0. The number of benzene rings is 18. The molecule has 0 unspecified atom stereocenters. The van der Waals surface area contributed by atoms with Gasteiger partial charge in [0.2, 0.25) is 0 Å². The summed E-state index contributed by atoms with van der Waals surface area (Å²) in [6.07, 6.45) is 0. The fourth-order valence-electron chi connectivity index (χ4n) is 18.3. The van der Waals surface area contributed by atoms with Gasteiger partial charge in [-0.05, 0) is 189 Å². The molecule has 0 spiro atoms. The zero-order valence-corrected chi connectivity index (χ0v) is 67.5. The summed E-state index contributed by atoms with van der Waals surface area (Å²) in [4.78, 5) is 19.9. The molecular formula is C116H76N8. The molecule has 0 fully saturated rings. The Hall–Kier alpha value is -16.7. The van der Waals surface area contributed by atoms with E-state index >= 15 is 0 Å². The molecule has 8 heteroatoms. The number of nitrogens with zero attached hydrogens (tertiary/aromatic N) is 8. The van der Waals surface area contributed by atoms with E-state index in [4.69, 9.17) is 19.9 Å². The number of hydrogen-bond donors (Lipinski definition) is 0. The summed E-state index contributed by atoms with van der Waals surface area (Å²) in [5, 5.41) is 9.95. The zero-order valence-electron chi connectivity index (χ0n) is 67.5. The van der Waals surface area contributed by atoms with Gasteiger partial charge in [0.1, 0.15) is 0 Å². The van der Waals surface area contributed by atoms with Crippen LogP contribution >= 0.6 is 0 Å². The Morgan fingerprint density at radius 2 is 0.371 bits per heavy atom. The van der Waals surface area contributed by atoms with Crippen LogP contribution in [-0.4, -0.2) is 38.2 Å². The number of para-hydroxylation sites is 6. The molecule has 0 aliphatic rings. The van der Waals surface area contributed by atoms with Gasteiger partial charge in [-0.2, -0.15) is 0 Å². The number of hydrogen-bond acceptors (Lipinski definition) is 4. The average molecular weight is 1580 g/mol. The molecule has 0 bridgehead atoms. The molecule has 0 radical (unpaired) electrons. The van der Waals surface area contributed by atoms with E-state index in [1.165, 1.54) is 121 Å². The molecule has 0 atom stereocenters. The van der Waals surface area contributed by atoms with Crippen LogP contribution in [0.2, 0.25) is 0 Å². The summed E-state index contributed by atoms with van der Waals surface area (Å²) in [6.45, 7) is 0. The van der Waals surface area contributed by atoms with E-state index in [2.05, 4.69) is 407 Å². The van der Waals surface area contributed by atoms with Gasteiger partial charge in [-0.3, -0.25) is 0 Å². The van der Waals surface area contributed by atoms with Crippen molar-refractivity contribution in [3.05, 3.63) is 461 Å². The van der Waals surface area contributed by atoms with Gasteiger partial charge >= 0.3 is 0 Å². The molecule has 0 saturated heterocycles. The Morgan fingerprint density at radius 1 is 0.121 bits per heavy atom. The molecule has 580 valence electrons. The molecular weight excluding hydrogens is 1510 g/mol. The van der Waals surface area contributed by atoms with Crippen LogP contribution in [-0.2, 0) is 0 Å². The fourth-order valence-corrected chi connectivity index (χ4v) is 18.3. The van der Waals surface area contributed by atoms with Crippen LogP contribution < -0.4 is 0 Å². The maximum Gasteiger partial charge on any atom is 0.164 e. The van der Waals surface area contributed by atoms with Gasteiger partial charge in [0.25, 0.3) is 0 Å². The van der Waals surface area contributed by atoms with Gasteiger partial charge in [0.15, 0.2) is 17.5 Å². The predicted octanol–water partition coefficient (Wildman–Crippen LogP) is 30.0. The third-order valence-electron chi connectivity index (χ3n) is 24.3. The normalized spacial score (nSPS) is 11.5. The minimum Gasteiger partial charge on any atom is -0.309 e. The number of pyridine rings is 1. The highest BCUT2D eigenvalue weighted by Gasteiger charge is 2.22. The Bertz CT molecular complexity index is 7580. The molecule has 0 amide bonds. The topological polar surface area (TPSA) is 71.3 Å². The van der Waals surface area contributed by atoms with Crippen LogP contribution in [0, 0.1) is 0 Å². The van der Waals surface area contributed by atoms with E-state index in [0.717, 1.165) is 84.2 Å². The molecule has 124 heavy (non-hydrogen) atoms. The standard InChI is InChI=1S/C59H39N3.C57H37N5/c1-4-15-41(16-5-1)54-37-47(38-55(60-54)42-17-6-2-7-18-42)44-20-14-19-43(35-44)40-27-31-49(32-28-40)61-57-26-13-11-24-51(57)53-36-45(30-34-58(53)61)46-29-33-52-50-23-10-12-25-56(50)62(59(52)39-46)48-21-8-3-9-22-48;1-4-15-39(16-5-1)55-58-56(40-17-6-2-7-18-40)60-57(59-55)44-20-14-19-41(35-44)38-27-31-46(32-28-38)61-52-26-13-11-24-48(52)50-36-42(30-34-53(50)61)43-29-33-49-47-23-10-12-25-51(47)62(54(49)37-43)45-21-8-3-9-22-45/h1-39H;1-37H. The van der Waals surface area contributed by atoms with Crippen molar-refractivity contribution in [2.75, 3.05) is 0 Å². The van der Waals surface area contributed by atoms with Gasteiger partial charge < -0.3 is 18.3 Å². The highest BCUT2D eigenvalue weighted by molar-refractivity contribution is 6.15. The second-order valence-corrected chi connectivity index (χ2v) is 31.7. The largest absolute Gasteiger partial charge is 0.309 e. The lowest BCUT2D eigenvalue weighted by Gasteiger charge is -2.12. The highest BCUT2D eigenvalue weighted by Crippen LogP contribution is 2.43. The Morgan fingerprint density at radius 3 is 0.766 bits per heavy atom. The molecule has 18 aromatic carbocycles. The summed E-state index contributed by atoms with van der Waals surface area (Å²) in [5.41, 5.74) is 32.7. The van der Waals surface area contributed by atoms with Crippen molar-refractivity contribution in [3.8, 4) is 135 Å². The summed E-state index contributed by atoms with van der Waals surface area (Å²) in [6, 6.07) is 165. The van der Waals surface area contributed by atoms with Crippen LogP contribution in [0.3, 0.4) is 0 Å². The first-order valence-electron chi connectivity index (χ1n) is 42.1. The second kappa shape index (κ2) is 30.9. The van der Waals surface area contributed by atoms with Crippen LogP contribution in [0.4, 0.5) is 0 Å². The highest BCUT2D eigenvalue weighted by atomic mass is 15.0. The van der Waals surface area contributed by atoms with Gasteiger partial charge in [0.05, 0.1) is 55.5 Å². The van der Waals surface area contributed by atoms with E-state index in [0.29, 0.717) is 17.5 Å². The lowest BCUT2D eigenvalue weighted by atomic mass is 9.96.